The fourth-order valence-corrected chi connectivity index (χ4v) is 3.97. The Balaban J connectivity index is 1.84. The van der Waals surface area contributed by atoms with Gasteiger partial charge >= 0.3 is 0 Å². The monoisotopic (exact) mass is 309 g/mol. The summed E-state index contributed by atoms with van der Waals surface area (Å²) in [4.78, 5) is 15.6. The van der Waals surface area contributed by atoms with Crippen molar-refractivity contribution < 1.29 is 4.79 Å². The molecule has 5 heteroatoms. The van der Waals surface area contributed by atoms with E-state index in [2.05, 4.69) is 27.7 Å². The first-order chi connectivity index (χ1) is 10.0. The number of hydrogen-bond donors (Lipinski definition) is 2. The van der Waals surface area contributed by atoms with Crippen molar-refractivity contribution in [2.75, 3.05) is 20.6 Å². The Bertz CT molecular complexity index is 438. The molecule has 118 valence electrons. The van der Waals surface area contributed by atoms with Crippen LogP contribution >= 0.6 is 11.3 Å². The van der Waals surface area contributed by atoms with Gasteiger partial charge in [0.15, 0.2) is 0 Å². The summed E-state index contributed by atoms with van der Waals surface area (Å²) in [5, 5.41) is 5.14. The molecule has 0 aliphatic heterocycles. The van der Waals surface area contributed by atoms with E-state index in [-0.39, 0.29) is 17.5 Å². The van der Waals surface area contributed by atoms with Crippen LogP contribution in [0.4, 0.5) is 0 Å². The number of nitrogens with zero attached hydrogens (tertiary/aromatic N) is 1. The zero-order chi connectivity index (χ0) is 15.3. The van der Waals surface area contributed by atoms with Crippen LogP contribution in [0.3, 0.4) is 0 Å². The number of nitrogens with two attached hydrogens (primary N) is 1. The zero-order valence-corrected chi connectivity index (χ0v) is 13.9. The number of thiophene rings is 1. The minimum Gasteiger partial charge on any atom is -0.354 e. The molecule has 1 heterocycles. The average molecular weight is 309 g/mol. The molecule has 1 amide bonds. The Labute approximate surface area is 131 Å². The Morgan fingerprint density at radius 1 is 1.43 bits per heavy atom. The van der Waals surface area contributed by atoms with E-state index in [9.17, 15) is 4.79 Å². The molecule has 0 bridgehead atoms. The van der Waals surface area contributed by atoms with Gasteiger partial charge in [-0.05, 0) is 38.4 Å². The van der Waals surface area contributed by atoms with E-state index in [4.69, 9.17) is 5.73 Å². The molecular weight excluding hydrogens is 282 g/mol. The summed E-state index contributed by atoms with van der Waals surface area (Å²) >= 11 is 1.73. The van der Waals surface area contributed by atoms with Crippen LogP contribution in [0.1, 0.15) is 49.4 Å². The van der Waals surface area contributed by atoms with Gasteiger partial charge in [0.25, 0.3) is 0 Å². The quantitative estimate of drug-likeness (QED) is 0.849. The molecule has 0 radical (unpaired) electrons. The van der Waals surface area contributed by atoms with Crippen LogP contribution in [0.25, 0.3) is 0 Å². The largest absolute Gasteiger partial charge is 0.354 e. The first-order valence-corrected chi connectivity index (χ1v) is 8.63. The van der Waals surface area contributed by atoms with E-state index in [1.165, 1.54) is 11.3 Å². The van der Waals surface area contributed by atoms with Crippen molar-refractivity contribution in [2.45, 2.75) is 50.1 Å². The highest BCUT2D eigenvalue weighted by Gasteiger charge is 2.30. The highest BCUT2D eigenvalue weighted by atomic mass is 32.1. The molecule has 1 atom stereocenters. The van der Waals surface area contributed by atoms with Gasteiger partial charge in [-0.2, -0.15) is 0 Å². The third-order valence-corrected chi connectivity index (χ3v) is 5.32. The number of likely N-dealkylation sites (N-methyl/N-ethyl adjacent to an activating group) is 1. The van der Waals surface area contributed by atoms with E-state index in [0.717, 1.165) is 25.7 Å². The Morgan fingerprint density at radius 3 is 2.71 bits per heavy atom. The first-order valence-electron chi connectivity index (χ1n) is 7.76. The molecule has 0 spiro atoms. The molecule has 1 unspecified atom stereocenters. The number of carbonyl (C=O) groups is 1. The van der Waals surface area contributed by atoms with Gasteiger partial charge < -0.3 is 16.0 Å². The molecule has 2 rings (SSSR count). The van der Waals surface area contributed by atoms with Crippen LogP contribution in [-0.4, -0.2) is 37.0 Å². The van der Waals surface area contributed by atoms with Gasteiger partial charge in [-0.3, -0.25) is 4.79 Å². The summed E-state index contributed by atoms with van der Waals surface area (Å²) in [5.74, 6) is 0.0859. The number of amides is 1. The van der Waals surface area contributed by atoms with E-state index in [1.807, 2.05) is 14.1 Å². The summed E-state index contributed by atoms with van der Waals surface area (Å²) < 4.78 is 0. The Kier molecular flexibility index (Phi) is 5.79. The van der Waals surface area contributed by atoms with Crippen LogP contribution < -0.4 is 11.1 Å². The second kappa shape index (κ2) is 7.38. The van der Waals surface area contributed by atoms with Crippen LogP contribution in [0, 0.1) is 0 Å². The molecule has 1 aromatic heterocycles. The minimum absolute atomic E-state index is 0.0859. The number of rotatable bonds is 6. The van der Waals surface area contributed by atoms with E-state index >= 15 is 0 Å². The molecule has 1 aliphatic rings. The topological polar surface area (TPSA) is 58.4 Å². The number of hydrogen-bond acceptors (Lipinski definition) is 4. The van der Waals surface area contributed by atoms with Gasteiger partial charge in [0, 0.05) is 23.4 Å². The van der Waals surface area contributed by atoms with E-state index in [0.29, 0.717) is 13.0 Å². The van der Waals surface area contributed by atoms with Gasteiger partial charge in [-0.1, -0.05) is 25.3 Å². The fraction of sp³-hybridized carbons (Fsp3) is 0.688. The van der Waals surface area contributed by atoms with Crippen molar-refractivity contribution >= 4 is 17.2 Å². The van der Waals surface area contributed by atoms with Gasteiger partial charge in [-0.15, -0.1) is 11.3 Å². The molecule has 1 fully saturated rings. The highest BCUT2D eigenvalue weighted by molar-refractivity contribution is 7.10. The maximum Gasteiger partial charge on any atom is 0.221 e. The Hall–Kier alpha value is -0.910. The van der Waals surface area contributed by atoms with Gasteiger partial charge in [-0.25, -0.2) is 0 Å². The average Bonchev–Trinajstić information content (AvgIpc) is 2.92. The van der Waals surface area contributed by atoms with Gasteiger partial charge in [0.05, 0.1) is 6.04 Å². The van der Waals surface area contributed by atoms with Crippen molar-refractivity contribution in [2.24, 2.45) is 5.73 Å². The van der Waals surface area contributed by atoms with E-state index in [1.54, 1.807) is 11.3 Å². The summed E-state index contributed by atoms with van der Waals surface area (Å²) in [6, 6.07) is 4.40. The molecule has 4 nitrogen and oxygen atoms in total. The van der Waals surface area contributed by atoms with Gasteiger partial charge in [0.2, 0.25) is 5.91 Å². The van der Waals surface area contributed by atoms with E-state index < -0.39 is 0 Å². The lowest BCUT2D eigenvalue weighted by Gasteiger charge is -2.33. The molecular formula is C16H27N3OS. The second-order valence-corrected chi connectivity index (χ2v) is 7.38. The lowest BCUT2D eigenvalue weighted by atomic mass is 9.80. The lowest BCUT2D eigenvalue weighted by molar-refractivity contribution is -0.122. The molecule has 1 saturated carbocycles. The van der Waals surface area contributed by atoms with Crippen molar-refractivity contribution in [3.05, 3.63) is 22.4 Å². The summed E-state index contributed by atoms with van der Waals surface area (Å²) in [6.45, 7) is 0.641. The normalized spacial score (nSPS) is 19.4. The van der Waals surface area contributed by atoms with Crippen molar-refractivity contribution in [1.82, 2.24) is 10.2 Å². The molecule has 1 aromatic rings. The van der Waals surface area contributed by atoms with Gasteiger partial charge in [0.1, 0.15) is 0 Å². The molecule has 0 saturated heterocycles. The minimum atomic E-state index is -0.279. The standard InChI is InChI=1S/C16H27N3OS/c1-19(2)13(14-7-6-10-21-14)12-18-15(20)11-16(17)8-4-3-5-9-16/h6-7,10,13H,3-5,8-9,11-12,17H2,1-2H3,(H,18,20). The smallest absolute Gasteiger partial charge is 0.221 e. The highest BCUT2D eigenvalue weighted by Crippen LogP contribution is 2.28. The Morgan fingerprint density at radius 2 is 2.14 bits per heavy atom. The van der Waals surface area contributed by atoms with Crippen molar-refractivity contribution in [3.8, 4) is 0 Å². The summed E-state index contributed by atoms with van der Waals surface area (Å²) in [6.07, 6.45) is 5.96. The summed E-state index contributed by atoms with van der Waals surface area (Å²) in [5.41, 5.74) is 6.07. The zero-order valence-electron chi connectivity index (χ0n) is 13.1. The van der Waals surface area contributed by atoms with Crippen LogP contribution in [0.15, 0.2) is 17.5 Å². The van der Waals surface area contributed by atoms with Crippen molar-refractivity contribution in [3.63, 3.8) is 0 Å². The third-order valence-electron chi connectivity index (χ3n) is 4.35. The summed E-state index contributed by atoms with van der Waals surface area (Å²) in [7, 11) is 4.09. The van der Waals surface area contributed by atoms with Crippen LogP contribution in [-0.2, 0) is 4.79 Å². The number of nitrogens with one attached hydrogen (secondary N) is 1. The van der Waals surface area contributed by atoms with Crippen LogP contribution in [0.5, 0.6) is 0 Å². The lowest BCUT2D eigenvalue weighted by Crippen LogP contribution is -2.46. The molecule has 21 heavy (non-hydrogen) atoms. The third kappa shape index (κ3) is 4.80. The maximum atomic E-state index is 12.2. The number of carbonyl (C=O) groups excluding carboxylic acids is 1. The van der Waals surface area contributed by atoms with Crippen molar-refractivity contribution in [1.29, 1.82) is 0 Å². The SMILES string of the molecule is CN(C)C(CNC(=O)CC1(N)CCCCC1)c1cccs1. The molecule has 3 N–H and O–H groups in total. The predicted octanol–water partition coefficient (Wildman–Crippen LogP) is 2.52. The first kappa shape index (κ1) is 16.5. The second-order valence-electron chi connectivity index (χ2n) is 6.40. The fourth-order valence-electron chi connectivity index (χ4n) is 3.04. The molecule has 1 aliphatic carbocycles. The predicted molar refractivity (Wildman–Crippen MR) is 88.4 cm³/mol. The maximum absolute atomic E-state index is 12.2. The van der Waals surface area contributed by atoms with Crippen LogP contribution in [0.2, 0.25) is 0 Å². The molecule has 0 aromatic carbocycles.